The van der Waals surface area contributed by atoms with Gasteiger partial charge in [0.25, 0.3) is 0 Å². The number of rotatable bonds is 6. The first-order valence-corrected chi connectivity index (χ1v) is 7.75. The predicted molar refractivity (Wildman–Crippen MR) is 89.0 cm³/mol. The van der Waals surface area contributed by atoms with Crippen LogP contribution in [0.3, 0.4) is 0 Å². The van der Waals surface area contributed by atoms with Crippen LogP contribution in [0.15, 0.2) is 54.6 Å². The van der Waals surface area contributed by atoms with Crippen molar-refractivity contribution < 1.29 is 19.1 Å². The fourth-order valence-corrected chi connectivity index (χ4v) is 2.62. The van der Waals surface area contributed by atoms with Crippen molar-refractivity contribution in [3.63, 3.8) is 0 Å². The molecule has 0 fully saturated rings. The summed E-state index contributed by atoms with van der Waals surface area (Å²) in [5, 5.41) is 12.2. The summed E-state index contributed by atoms with van der Waals surface area (Å²) in [6, 6.07) is 14.3. The smallest absolute Gasteiger partial charge is 0.333 e. The van der Waals surface area contributed by atoms with Gasteiger partial charge in [-0.25, -0.2) is 9.18 Å². The number of carbonyl (C=O) groups excluding carboxylic acids is 1. The molecule has 0 aliphatic heterocycles. The van der Waals surface area contributed by atoms with E-state index in [2.05, 4.69) is 5.32 Å². The van der Waals surface area contributed by atoms with Crippen molar-refractivity contribution in [2.75, 3.05) is 0 Å². The number of hydrogen-bond donors (Lipinski definition) is 2. The van der Waals surface area contributed by atoms with Gasteiger partial charge in [-0.15, -0.1) is 0 Å². The highest BCUT2D eigenvalue weighted by atomic mass is 19.1. The molecule has 0 radical (unpaired) electrons. The Morgan fingerprint density at radius 1 is 1.12 bits per heavy atom. The van der Waals surface area contributed by atoms with E-state index in [1.807, 2.05) is 37.3 Å². The number of aliphatic carboxylic acids is 1. The summed E-state index contributed by atoms with van der Waals surface area (Å²) >= 11 is 0. The van der Waals surface area contributed by atoms with Gasteiger partial charge in [0.2, 0.25) is 5.91 Å². The Kier molecular flexibility index (Phi) is 5.34. The Balaban J connectivity index is 2.31. The zero-order valence-electron chi connectivity index (χ0n) is 13.6. The SMILES string of the molecule is CCC(C(=O)NC(C)(C(=O)O)c1ccc(F)cc1)c1ccccc1. The van der Waals surface area contributed by atoms with Gasteiger partial charge in [-0.3, -0.25) is 4.79 Å². The number of carboxylic acid groups (broad SMARTS) is 1. The standard InChI is InChI=1S/C19H20FNO3/c1-3-16(13-7-5-4-6-8-13)17(22)21-19(2,18(23)24)14-9-11-15(20)12-10-14/h4-12,16H,3H2,1-2H3,(H,21,22)(H,23,24). The highest BCUT2D eigenvalue weighted by Crippen LogP contribution is 2.25. The minimum Gasteiger partial charge on any atom is -0.479 e. The van der Waals surface area contributed by atoms with E-state index in [9.17, 15) is 19.1 Å². The molecule has 4 nitrogen and oxygen atoms in total. The maximum Gasteiger partial charge on any atom is 0.333 e. The first kappa shape index (κ1) is 17.7. The predicted octanol–water partition coefficient (Wildman–Crippen LogP) is 3.44. The van der Waals surface area contributed by atoms with E-state index in [-0.39, 0.29) is 5.91 Å². The van der Waals surface area contributed by atoms with E-state index in [0.29, 0.717) is 12.0 Å². The van der Waals surface area contributed by atoms with E-state index in [1.165, 1.54) is 31.2 Å². The summed E-state index contributed by atoms with van der Waals surface area (Å²) in [7, 11) is 0. The van der Waals surface area contributed by atoms with Crippen LogP contribution in [0.4, 0.5) is 4.39 Å². The molecule has 2 aromatic carbocycles. The molecule has 2 N–H and O–H groups in total. The largest absolute Gasteiger partial charge is 0.479 e. The fraction of sp³-hybridized carbons (Fsp3) is 0.263. The molecular weight excluding hydrogens is 309 g/mol. The molecule has 24 heavy (non-hydrogen) atoms. The topological polar surface area (TPSA) is 66.4 Å². The summed E-state index contributed by atoms with van der Waals surface area (Å²) in [4.78, 5) is 24.5. The second kappa shape index (κ2) is 7.25. The van der Waals surface area contributed by atoms with Gasteiger partial charge in [0.05, 0.1) is 5.92 Å². The average molecular weight is 329 g/mol. The summed E-state index contributed by atoms with van der Waals surface area (Å²) < 4.78 is 13.1. The first-order valence-electron chi connectivity index (χ1n) is 7.75. The third-order valence-electron chi connectivity index (χ3n) is 4.15. The van der Waals surface area contributed by atoms with Gasteiger partial charge >= 0.3 is 5.97 Å². The van der Waals surface area contributed by atoms with Crippen LogP contribution < -0.4 is 5.32 Å². The lowest BCUT2D eigenvalue weighted by Gasteiger charge is -2.29. The van der Waals surface area contributed by atoms with Gasteiger partial charge in [-0.2, -0.15) is 0 Å². The van der Waals surface area contributed by atoms with Gasteiger partial charge in [0.15, 0.2) is 5.54 Å². The number of carboxylic acids is 1. The molecule has 2 rings (SSSR count). The second-order valence-corrected chi connectivity index (χ2v) is 5.80. The molecule has 126 valence electrons. The molecular formula is C19H20FNO3. The van der Waals surface area contributed by atoms with Gasteiger partial charge < -0.3 is 10.4 Å². The van der Waals surface area contributed by atoms with Gasteiger partial charge in [0, 0.05) is 0 Å². The van der Waals surface area contributed by atoms with Gasteiger partial charge in [0.1, 0.15) is 5.82 Å². The molecule has 0 saturated heterocycles. The van der Waals surface area contributed by atoms with Crippen LogP contribution in [0.5, 0.6) is 0 Å². The Labute approximate surface area is 140 Å². The van der Waals surface area contributed by atoms with Crippen molar-refractivity contribution in [3.05, 3.63) is 71.5 Å². The van der Waals surface area contributed by atoms with E-state index in [4.69, 9.17) is 0 Å². The zero-order chi connectivity index (χ0) is 17.7. The Hall–Kier alpha value is -2.69. The van der Waals surface area contributed by atoms with Crippen molar-refractivity contribution >= 4 is 11.9 Å². The quantitative estimate of drug-likeness (QED) is 0.853. The monoisotopic (exact) mass is 329 g/mol. The van der Waals surface area contributed by atoms with Crippen LogP contribution in [-0.2, 0) is 15.1 Å². The highest BCUT2D eigenvalue weighted by molar-refractivity contribution is 5.91. The molecule has 1 amide bonds. The molecule has 5 heteroatoms. The molecule has 0 spiro atoms. The molecule has 0 aromatic heterocycles. The highest BCUT2D eigenvalue weighted by Gasteiger charge is 2.38. The number of amides is 1. The molecule has 2 unspecified atom stereocenters. The van der Waals surface area contributed by atoms with Crippen LogP contribution in [0.1, 0.15) is 37.3 Å². The summed E-state index contributed by atoms with van der Waals surface area (Å²) in [6.07, 6.45) is 0.537. The van der Waals surface area contributed by atoms with E-state index in [0.717, 1.165) is 5.56 Å². The zero-order valence-corrected chi connectivity index (χ0v) is 13.6. The lowest BCUT2D eigenvalue weighted by atomic mass is 9.89. The van der Waals surface area contributed by atoms with E-state index in [1.54, 1.807) is 0 Å². The molecule has 0 aliphatic rings. The van der Waals surface area contributed by atoms with Crippen LogP contribution in [0.25, 0.3) is 0 Å². The van der Waals surface area contributed by atoms with Crippen molar-refractivity contribution in [3.8, 4) is 0 Å². The molecule has 2 atom stereocenters. The molecule has 0 heterocycles. The molecule has 0 saturated carbocycles. The number of nitrogens with one attached hydrogen (secondary N) is 1. The maximum absolute atomic E-state index is 13.1. The number of hydrogen-bond acceptors (Lipinski definition) is 2. The van der Waals surface area contributed by atoms with Gasteiger partial charge in [-0.1, -0.05) is 49.4 Å². The average Bonchev–Trinajstić information content (AvgIpc) is 2.56. The minimum absolute atomic E-state index is 0.313. The molecule has 0 bridgehead atoms. The third-order valence-corrected chi connectivity index (χ3v) is 4.15. The summed E-state index contributed by atoms with van der Waals surface area (Å²) in [6.45, 7) is 3.27. The van der Waals surface area contributed by atoms with Crippen LogP contribution in [0.2, 0.25) is 0 Å². The molecule has 0 aliphatic carbocycles. The van der Waals surface area contributed by atoms with Crippen LogP contribution in [-0.4, -0.2) is 17.0 Å². The van der Waals surface area contributed by atoms with Crippen LogP contribution in [0, 0.1) is 5.82 Å². The lowest BCUT2D eigenvalue weighted by molar-refractivity contribution is -0.147. The number of halogens is 1. The van der Waals surface area contributed by atoms with Crippen molar-refractivity contribution in [1.29, 1.82) is 0 Å². The Morgan fingerprint density at radius 3 is 2.21 bits per heavy atom. The first-order chi connectivity index (χ1) is 11.4. The summed E-state index contributed by atoms with van der Waals surface area (Å²) in [5.74, 6) is -2.50. The van der Waals surface area contributed by atoms with E-state index >= 15 is 0 Å². The van der Waals surface area contributed by atoms with Gasteiger partial charge in [-0.05, 0) is 36.6 Å². The van der Waals surface area contributed by atoms with Crippen molar-refractivity contribution in [2.24, 2.45) is 0 Å². The van der Waals surface area contributed by atoms with Crippen molar-refractivity contribution in [1.82, 2.24) is 5.32 Å². The lowest BCUT2D eigenvalue weighted by Crippen LogP contribution is -2.51. The Bertz CT molecular complexity index is 715. The maximum atomic E-state index is 13.1. The normalized spacial score (nSPS) is 14.5. The molecule has 2 aromatic rings. The minimum atomic E-state index is -1.63. The van der Waals surface area contributed by atoms with Crippen LogP contribution >= 0.6 is 0 Å². The number of carbonyl (C=O) groups is 2. The Morgan fingerprint density at radius 2 is 1.71 bits per heavy atom. The third kappa shape index (κ3) is 3.62. The second-order valence-electron chi connectivity index (χ2n) is 5.80. The number of benzene rings is 2. The summed E-state index contributed by atoms with van der Waals surface area (Å²) in [5.41, 5.74) is -0.496. The van der Waals surface area contributed by atoms with Crippen molar-refractivity contribution in [2.45, 2.75) is 31.7 Å². The van der Waals surface area contributed by atoms with E-state index < -0.39 is 23.2 Å². The fourth-order valence-electron chi connectivity index (χ4n) is 2.62.